The zero-order valence-corrected chi connectivity index (χ0v) is 13.2. The summed E-state index contributed by atoms with van der Waals surface area (Å²) in [6, 6.07) is 14.2. The molecule has 0 bridgehead atoms. The Morgan fingerprint density at radius 2 is 1.91 bits per heavy atom. The average molecular weight is 310 g/mol. The molecule has 120 valence electrons. The van der Waals surface area contributed by atoms with E-state index in [4.69, 9.17) is 9.47 Å². The molecule has 0 unspecified atom stereocenters. The summed E-state index contributed by atoms with van der Waals surface area (Å²) in [5.74, 6) is 2.02. The molecular formula is C19H22N2O2. The number of nitrogens with zero attached hydrogens (tertiary/aromatic N) is 2. The van der Waals surface area contributed by atoms with Crippen LogP contribution in [0.15, 0.2) is 54.9 Å². The van der Waals surface area contributed by atoms with Crippen LogP contribution in [-0.2, 0) is 11.3 Å². The minimum Gasteiger partial charge on any atom is -0.493 e. The molecule has 23 heavy (non-hydrogen) atoms. The maximum atomic E-state index is 6.01. The van der Waals surface area contributed by atoms with E-state index in [0.717, 1.165) is 38.6 Å². The SMILES string of the molecule is c1ccc(OC[C@@H]2CO[C@@H]3CN(Cc4ccncc4)C[C@H]23)cc1. The first-order chi connectivity index (χ1) is 11.4. The molecule has 2 fully saturated rings. The fourth-order valence-corrected chi connectivity index (χ4v) is 3.65. The first-order valence-electron chi connectivity index (χ1n) is 8.29. The third-order valence-electron chi connectivity index (χ3n) is 4.88. The molecule has 0 aliphatic carbocycles. The molecule has 0 saturated carbocycles. The van der Waals surface area contributed by atoms with Crippen LogP contribution in [0.4, 0.5) is 0 Å². The number of aromatic nitrogens is 1. The third kappa shape index (κ3) is 3.38. The Morgan fingerprint density at radius 3 is 2.74 bits per heavy atom. The molecule has 4 rings (SSSR count). The molecule has 4 nitrogen and oxygen atoms in total. The zero-order valence-electron chi connectivity index (χ0n) is 13.2. The number of pyridine rings is 1. The predicted octanol–water partition coefficient (Wildman–Crippen LogP) is 2.61. The van der Waals surface area contributed by atoms with Crippen LogP contribution in [0.3, 0.4) is 0 Å². The fraction of sp³-hybridized carbons (Fsp3) is 0.421. The Bertz CT molecular complexity index is 620. The Kier molecular flexibility index (Phi) is 4.26. The van der Waals surface area contributed by atoms with E-state index in [-0.39, 0.29) is 0 Å². The number of likely N-dealkylation sites (tertiary alicyclic amines) is 1. The molecule has 3 atom stereocenters. The highest BCUT2D eigenvalue weighted by Crippen LogP contribution is 2.34. The maximum absolute atomic E-state index is 6.01. The van der Waals surface area contributed by atoms with Gasteiger partial charge in [0, 0.05) is 43.9 Å². The van der Waals surface area contributed by atoms with E-state index in [1.807, 2.05) is 42.7 Å². The van der Waals surface area contributed by atoms with Crippen LogP contribution in [0.2, 0.25) is 0 Å². The molecule has 1 aromatic heterocycles. The molecule has 3 heterocycles. The molecule has 0 radical (unpaired) electrons. The molecule has 1 aromatic carbocycles. The van der Waals surface area contributed by atoms with Gasteiger partial charge in [0.05, 0.1) is 19.3 Å². The van der Waals surface area contributed by atoms with Crippen molar-refractivity contribution >= 4 is 0 Å². The predicted molar refractivity (Wildman–Crippen MR) is 88.2 cm³/mol. The number of para-hydroxylation sites is 1. The van der Waals surface area contributed by atoms with E-state index >= 15 is 0 Å². The van der Waals surface area contributed by atoms with E-state index in [1.54, 1.807) is 0 Å². The molecule has 0 amide bonds. The minimum atomic E-state index is 0.362. The van der Waals surface area contributed by atoms with Crippen LogP contribution in [0.5, 0.6) is 5.75 Å². The van der Waals surface area contributed by atoms with Gasteiger partial charge in [0.1, 0.15) is 5.75 Å². The molecule has 2 aliphatic heterocycles. The van der Waals surface area contributed by atoms with E-state index in [0.29, 0.717) is 17.9 Å². The highest BCUT2D eigenvalue weighted by Gasteiger charge is 2.43. The molecule has 4 heteroatoms. The average Bonchev–Trinajstić information content (AvgIpc) is 3.15. The topological polar surface area (TPSA) is 34.6 Å². The minimum absolute atomic E-state index is 0.362. The van der Waals surface area contributed by atoms with Gasteiger partial charge in [-0.1, -0.05) is 18.2 Å². The molecule has 2 aromatic rings. The van der Waals surface area contributed by atoms with Crippen molar-refractivity contribution in [3.05, 3.63) is 60.4 Å². The Balaban J connectivity index is 1.32. The summed E-state index contributed by atoms with van der Waals surface area (Å²) in [5, 5.41) is 0. The highest BCUT2D eigenvalue weighted by molar-refractivity contribution is 5.21. The molecule has 2 aliphatic rings. The first kappa shape index (κ1) is 14.7. The van der Waals surface area contributed by atoms with Gasteiger partial charge >= 0.3 is 0 Å². The monoisotopic (exact) mass is 310 g/mol. The number of ether oxygens (including phenoxy) is 2. The smallest absolute Gasteiger partial charge is 0.119 e. The van der Waals surface area contributed by atoms with Crippen molar-refractivity contribution in [2.24, 2.45) is 11.8 Å². The van der Waals surface area contributed by atoms with Crippen molar-refractivity contribution in [3.63, 3.8) is 0 Å². The van der Waals surface area contributed by atoms with E-state index in [1.165, 1.54) is 5.56 Å². The van der Waals surface area contributed by atoms with Gasteiger partial charge in [-0.25, -0.2) is 0 Å². The van der Waals surface area contributed by atoms with Gasteiger partial charge in [-0.3, -0.25) is 9.88 Å². The summed E-state index contributed by atoms with van der Waals surface area (Å²) >= 11 is 0. The van der Waals surface area contributed by atoms with Crippen molar-refractivity contribution in [1.82, 2.24) is 9.88 Å². The lowest BCUT2D eigenvalue weighted by atomic mass is 9.94. The second-order valence-electron chi connectivity index (χ2n) is 6.47. The first-order valence-corrected chi connectivity index (χ1v) is 8.29. The molecule has 2 saturated heterocycles. The number of hydrogen-bond acceptors (Lipinski definition) is 4. The van der Waals surface area contributed by atoms with Crippen LogP contribution < -0.4 is 4.74 Å². The van der Waals surface area contributed by atoms with Crippen LogP contribution in [0.25, 0.3) is 0 Å². The van der Waals surface area contributed by atoms with Gasteiger partial charge in [0.2, 0.25) is 0 Å². The lowest BCUT2D eigenvalue weighted by molar-refractivity contribution is 0.0897. The second-order valence-corrected chi connectivity index (χ2v) is 6.47. The Labute approximate surface area is 137 Å². The van der Waals surface area contributed by atoms with Crippen LogP contribution in [-0.4, -0.2) is 42.3 Å². The normalized spacial score (nSPS) is 27.0. The Hall–Kier alpha value is -1.91. The van der Waals surface area contributed by atoms with Gasteiger partial charge in [-0.2, -0.15) is 0 Å². The zero-order chi connectivity index (χ0) is 15.5. The largest absolute Gasteiger partial charge is 0.493 e. The van der Waals surface area contributed by atoms with E-state index in [9.17, 15) is 0 Å². The number of hydrogen-bond donors (Lipinski definition) is 0. The number of fused-ring (bicyclic) bond motifs is 1. The van der Waals surface area contributed by atoms with Crippen LogP contribution >= 0.6 is 0 Å². The summed E-state index contributed by atoms with van der Waals surface area (Å²) in [6.07, 6.45) is 4.08. The third-order valence-corrected chi connectivity index (χ3v) is 4.88. The standard InChI is InChI=1S/C19H22N2O2/c1-2-4-17(5-3-1)22-13-16-14-23-19-12-21(11-18(16)19)10-15-6-8-20-9-7-15/h1-9,16,18-19H,10-14H2/t16-,18-,19-/m1/s1. The molecular weight excluding hydrogens is 288 g/mol. The number of rotatable bonds is 5. The number of benzene rings is 1. The lowest BCUT2D eigenvalue weighted by Crippen LogP contribution is -2.26. The van der Waals surface area contributed by atoms with Gasteiger partial charge in [0.25, 0.3) is 0 Å². The summed E-state index contributed by atoms with van der Waals surface area (Å²) in [6.45, 7) is 4.66. The van der Waals surface area contributed by atoms with Crippen molar-refractivity contribution in [2.75, 3.05) is 26.3 Å². The van der Waals surface area contributed by atoms with Gasteiger partial charge in [0.15, 0.2) is 0 Å². The Morgan fingerprint density at radius 1 is 1.09 bits per heavy atom. The van der Waals surface area contributed by atoms with Crippen LogP contribution in [0.1, 0.15) is 5.56 Å². The van der Waals surface area contributed by atoms with Gasteiger partial charge < -0.3 is 9.47 Å². The molecule has 0 N–H and O–H groups in total. The van der Waals surface area contributed by atoms with Crippen molar-refractivity contribution in [2.45, 2.75) is 12.6 Å². The van der Waals surface area contributed by atoms with Gasteiger partial charge in [-0.15, -0.1) is 0 Å². The highest BCUT2D eigenvalue weighted by atomic mass is 16.5. The summed E-state index contributed by atoms with van der Waals surface area (Å²) < 4.78 is 12.0. The quantitative estimate of drug-likeness (QED) is 0.850. The molecule has 0 spiro atoms. The maximum Gasteiger partial charge on any atom is 0.119 e. The van der Waals surface area contributed by atoms with E-state index < -0.39 is 0 Å². The summed E-state index contributed by atoms with van der Waals surface area (Å²) in [4.78, 5) is 6.57. The fourth-order valence-electron chi connectivity index (χ4n) is 3.65. The summed E-state index contributed by atoms with van der Waals surface area (Å²) in [5.41, 5.74) is 1.32. The lowest BCUT2D eigenvalue weighted by Gasteiger charge is -2.20. The van der Waals surface area contributed by atoms with Gasteiger partial charge in [-0.05, 0) is 29.8 Å². The van der Waals surface area contributed by atoms with Crippen molar-refractivity contribution in [3.8, 4) is 5.75 Å². The van der Waals surface area contributed by atoms with Crippen LogP contribution in [0, 0.1) is 11.8 Å². The van der Waals surface area contributed by atoms with Crippen molar-refractivity contribution in [1.29, 1.82) is 0 Å². The van der Waals surface area contributed by atoms with E-state index in [2.05, 4.69) is 22.0 Å². The van der Waals surface area contributed by atoms with Crippen molar-refractivity contribution < 1.29 is 9.47 Å². The summed E-state index contributed by atoms with van der Waals surface area (Å²) in [7, 11) is 0. The second kappa shape index (κ2) is 6.69.